The zero-order valence-electron chi connectivity index (χ0n) is 13.9. The molecule has 0 heterocycles. The summed E-state index contributed by atoms with van der Waals surface area (Å²) in [4.78, 5) is 24.3. The highest BCUT2D eigenvalue weighted by Gasteiger charge is 2.40. The average molecular weight is 314 g/mol. The smallest absolute Gasteiger partial charge is 0.223 e. The first kappa shape index (κ1) is 16.0. The maximum absolute atomic E-state index is 12.2. The number of carbonyl (C=O) groups is 2. The van der Waals surface area contributed by atoms with E-state index in [1.807, 2.05) is 18.2 Å². The molecule has 2 amide bonds. The quantitative estimate of drug-likeness (QED) is 0.810. The normalized spacial score (nSPS) is 29.5. The van der Waals surface area contributed by atoms with Crippen molar-refractivity contribution in [3.63, 3.8) is 0 Å². The van der Waals surface area contributed by atoms with Crippen LogP contribution >= 0.6 is 0 Å². The first-order valence-corrected chi connectivity index (χ1v) is 8.66. The van der Waals surface area contributed by atoms with Gasteiger partial charge in [-0.1, -0.05) is 44.2 Å². The summed E-state index contributed by atoms with van der Waals surface area (Å²) in [7, 11) is 0. The van der Waals surface area contributed by atoms with Crippen molar-refractivity contribution < 1.29 is 9.59 Å². The lowest BCUT2D eigenvalue weighted by atomic mass is 10.1. The highest BCUT2D eigenvalue weighted by atomic mass is 16.2. The average Bonchev–Trinajstić information content (AvgIpc) is 3.44. The number of carbonyl (C=O) groups excluding carboxylic acids is 2. The molecule has 0 saturated heterocycles. The minimum Gasteiger partial charge on any atom is -0.354 e. The summed E-state index contributed by atoms with van der Waals surface area (Å²) in [5.41, 5.74) is 1.18. The largest absolute Gasteiger partial charge is 0.354 e. The van der Waals surface area contributed by atoms with E-state index in [1.165, 1.54) is 5.56 Å². The van der Waals surface area contributed by atoms with E-state index >= 15 is 0 Å². The molecule has 0 aromatic heterocycles. The van der Waals surface area contributed by atoms with Crippen LogP contribution in [0.4, 0.5) is 0 Å². The summed E-state index contributed by atoms with van der Waals surface area (Å²) in [6.07, 6.45) is 2.71. The molecule has 2 aliphatic carbocycles. The Morgan fingerprint density at radius 2 is 1.61 bits per heavy atom. The molecule has 2 saturated carbocycles. The summed E-state index contributed by atoms with van der Waals surface area (Å²) in [6, 6.07) is 10.1. The second-order valence-corrected chi connectivity index (χ2v) is 7.28. The third-order valence-electron chi connectivity index (χ3n) is 5.09. The van der Waals surface area contributed by atoms with E-state index in [4.69, 9.17) is 0 Å². The molecule has 0 radical (unpaired) electrons. The van der Waals surface area contributed by atoms with Gasteiger partial charge in [-0.2, -0.15) is 0 Å². The van der Waals surface area contributed by atoms with Crippen molar-refractivity contribution in [2.45, 2.75) is 39.2 Å². The predicted molar refractivity (Wildman–Crippen MR) is 89.6 cm³/mol. The summed E-state index contributed by atoms with van der Waals surface area (Å²) < 4.78 is 0. The number of rotatable bonds is 7. The molecule has 2 fully saturated rings. The van der Waals surface area contributed by atoms with Gasteiger partial charge in [-0.15, -0.1) is 0 Å². The fraction of sp³-hybridized carbons (Fsp3) is 0.579. The third-order valence-corrected chi connectivity index (χ3v) is 5.09. The van der Waals surface area contributed by atoms with Gasteiger partial charge in [0, 0.05) is 18.4 Å². The molecule has 5 atom stereocenters. The topological polar surface area (TPSA) is 58.2 Å². The number of nitrogens with one attached hydrogen (secondary N) is 2. The molecular weight excluding hydrogens is 288 g/mol. The van der Waals surface area contributed by atoms with Gasteiger partial charge in [0.1, 0.15) is 0 Å². The maximum atomic E-state index is 12.2. The van der Waals surface area contributed by atoms with Gasteiger partial charge in [0.05, 0.1) is 6.04 Å². The molecule has 0 spiro atoms. The van der Waals surface area contributed by atoms with Gasteiger partial charge in [0.15, 0.2) is 0 Å². The van der Waals surface area contributed by atoms with Crippen LogP contribution in [0.3, 0.4) is 0 Å². The Morgan fingerprint density at radius 3 is 2.17 bits per heavy atom. The van der Waals surface area contributed by atoms with E-state index < -0.39 is 0 Å². The molecule has 124 valence electrons. The number of benzene rings is 1. The lowest BCUT2D eigenvalue weighted by molar-refractivity contribution is -0.125. The SMILES string of the molecule is C[C@@H]1C[C@@H]1C(=O)NC[C@H](Cc1ccccc1)NC(=O)[C@H]1C[C@@H]1C. The number of hydrogen-bond acceptors (Lipinski definition) is 2. The summed E-state index contributed by atoms with van der Waals surface area (Å²) in [5, 5.41) is 6.15. The zero-order chi connectivity index (χ0) is 16.4. The van der Waals surface area contributed by atoms with Crippen LogP contribution in [0.1, 0.15) is 32.3 Å². The van der Waals surface area contributed by atoms with Crippen LogP contribution in [0, 0.1) is 23.7 Å². The molecule has 1 aromatic carbocycles. The second-order valence-electron chi connectivity index (χ2n) is 7.28. The molecule has 0 bridgehead atoms. The Hall–Kier alpha value is -1.84. The Morgan fingerprint density at radius 1 is 1.04 bits per heavy atom. The first-order valence-electron chi connectivity index (χ1n) is 8.66. The van der Waals surface area contributed by atoms with Crippen molar-refractivity contribution in [3.8, 4) is 0 Å². The van der Waals surface area contributed by atoms with Crippen LogP contribution < -0.4 is 10.6 Å². The monoisotopic (exact) mass is 314 g/mol. The lowest BCUT2D eigenvalue weighted by Gasteiger charge is -2.20. The molecule has 2 N–H and O–H groups in total. The van der Waals surface area contributed by atoms with Crippen molar-refractivity contribution in [1.82, 2.24) is 10.6 Å². The minimum atomic E-state index is -0.0456. The van der Waals surface area contributed by atoms with Gasteiger partial charge in [-0.3, -0.25) is 9.59 Å². The van der Waals surface area contributed by atoms with Gasteiger partial charge >= 0.3 is 0 Å². The first-order chi connectivity index (χ1) is 11.0. The van der Waals surface area contributed by atoms with Gasteiger partial charge in [0.25, 0.3) is 0 Å². The van der Waals surface area contributed by atoms with E-state index in [-0.39, 0.29) is 29.7 Å². The Kier molecular flexibility index (Phi) is 4.69. The predicted octanol–water partition coefficient (Wildman–Crippen LogP) is 2.14. The highest BCUT2D eigenvalue weighted by molar-refractivity contribution is 5.82. The van der Waals surface area contributed by atoms with Crippen molar-refractivity contribution in [2.75, 3.05) is 6.54 Å². The lowest BCUT2D eigenvalue weighted by Crippen LogP contribution is -2.46. The van der Waals surface area contributed by atoms with Gasteiger partial charge in [-0.25, -0.2) is 0 Å². The van der Waals surface area contributed by atoms with Crippen LogP contribution in [0.15, 0.2) is 30.3 Å². The molecule has 0 unspecified atom stereocenters. The molecular formula is C19H26N2O2. The van der Waals surface area contributed by atoms with Gasteiger partial charge in [-0.05, 0) is 36.7 Å². The molecule has 0 aliphatic heterocycles. The van der Waals surface area contributed by atoms with Crippen LogP contribution in [0.5, 0.6) is 0 Å². The summed E-state index contributed by atoms with van der Waals surface area (Å²) >= 11 is 0. The maximum Gasteiger partial charge on any atom is 0.223 e. The van der Waals surface area contributed by atoms with E-state index in [9.17, 15) is 9.59 Å². The highest BCUT2D eigenvalue weighted by Crippen LogP contribution is 2.38. The minimum absolute atomic E-state index is 0.0456. The van der Waals surface area contributed by atoms with E-state index in [2.05, 4.69) is 36.6 Å². The van der Waals surface area contributed by atoms with Gasteiger partial charge < -0.3 is 10.6 Å². The zero-order valence-corrected chi connectivity index (χ0v) is 13.9. The van der Waals surface area contributed by atoms with E-state index in [0.717, 1.165) is 19.3 Å². The Bertz CT molecular complexity index is 572. The molecule has 4 nitrogen and oxygen atoms in total. The molecule has 4 heteroatoms. The Balaban J connectivity index is 1.55. The third kappa shape index (κ3) is 4.34. The van der Waals surface area contributed by atoms with Crippen LogP contribution in [-0.4, -0.2) is 24.4 Å². The second kappa shape index (κ2) is 6.73. The summed E-state index contributed by atoms with van der Waals surface area (Å²) in [5.74, 6) is 1.59. The number of amides is 2. The van der Waals surface area contributed by atoms with Crippen LogP contribution in [0.2, 0.25) is 0 Å². The standard InChI is InChI=1S/C19H26N2O2/c1-12-8-16(12)18(22)20-11-15(10-14-6-4-3-5-7-14)21-19(23)17-9-13(17)2/h3-7,12-13,15-17H,8-11H2,1-2H3,(H,20,22)(H,21,23)/t12-,13+,15+,16+,17+/m1/s1. The van der Waals surface area contributed by atoms with Crippen molar-refractivity contribution >= 4 is 11.8 Å². The molecule has 23 heavy (non-hydrogen) atoms. The van der Waals surface area contributed by atoms with E-state index in [0.29, 0.717) is 18.4 Å². The van der Waals surface area contributed by atoms with E-state index in [1.54, 1.807) is 0 Å². The molecule has 1 aromatic rings. The molecule has 2 aliphatic rings. The van der Waals surface area contributed by atoms with Gasteiger partial charge in [0.2, 0.25) is 11.8 Å². The Labute approximate surface area is 138 Å². The fourth-order valence-corrected chi connectivity index (χ4v) is 3.11. The van der Waals surface area contributed by atoms with Crippen molar-refractivity contribution in [1.29, 1.82) is 0 Å². The van der Waals surface area contributed by atoms with Crippen LogP contribution in [0.25, 0.3) is 0 Å². The van der Waals surface area contributed by atoms with Crippen molar-refractivity contribution in [2.24, 2.45) is 23.7 Å². The summed E-state index contributed by atoms with van der Waals surface area (Å²) in [6.45, 7) is 4.71. The van der Waals surface area contributed by atoms with Crippen molar-refractivity contribution in [3.05, 3.63) is 35.9 Å². The van der Waals surface area contributed by atoms with Crippen LogP contribution in [-0.2, 0) is 16.0 Å². The fourth-order valence-electron chi connectivity index (χ4n) is 3.11. The number of hydrogen-bond donors (Lipinski definition) is 2. The molecule has 3 rings (SSSR count).